The van der Waals surface area contributed by atoms with Crippen molar-refractivity contribution in [1.29, 1.82) is 0 Å². The van der Waals surface area contributed by atoms with Crippen LogP contribution < -0.4 is 4.74 Å². The Kier molecular flexibility index (Phi) is 5.42. The second-order valence-corrected chi connectivity index (χ2v) is 7.59. The zero-order chi connectivity index (χ0) is 22.8. The molecule has 5 aromatic rings. The van der Waals surface area contributed by atoms with Gasteiger partial charge in [0, 0.05) is 37.1 Å². The van der Waals surface area contributed by atoms with Crippen LogP contribution >= 0.6 is 0 Å². The number of nitrogens with one attached hydrogen (secondary N) is 1. The lowest BCUT2D eigenvalue weighted by molar-refractivity contribution is 0.185. The second-order valence-electron chi connectivity index (χ2n) is 7.59. The number of pyridine rings is 1. The van der Waals surface area contributed by atoms with E-state index in [4.69, 9.17) is 9.47 Å². The summed E-state index contributed by atoms with van der Waals surface area (Å²) < 4.78 is 12.8. The van der Waals surface area contributed by atoms with Gasteiger partial charge < -0.3 is 24.7 Å². The number of aromatic hydroxyl groups is 2. The van der Waals surface area contributed by atoms with E-state index < -0.39 is 0 Å². The molecule has 0 radical (unpaired) electrons. The number of ether oxygens (including phenoxy) is 2. The fourth-order valence-electron chi connectivity index (χ4n) is 3.65. The van der Waals surface area contributed by atoms with Gasteiger partial charge in [-0.3, -0.25) is 9.55 Å². The highest BCUT2D eigenvalue weighted by Crippen LogP contribution is 2.33. The van der Waals surface area contributed by atoms with Crippen LogP contribution in [-0.2, 0) is 17.9 Å². The molecule has 0 aliphatic rings. The van der Waals surface area contributed by atoms with Gasteiger partial charge in [0.05, 0.1) is 24.2 Å². The molecule has 2 aromatic carbocycles. The monoisotopic (exact) mass is 442 g/mol. The van der Waals surface area contributed by atoms with E-state index in [0.29, 0.717) is 29.4 Å². The first-order valence-electron chi connectivity index (χ1n) is 10.4. The van der Waals surface area contributed by atoms with E-state index in [1.807, 2.05) is 54.6 Å². The molecule has 0 unspecified atom stereocenters. The molecule has 0 saturated carbocycles. The van der Waals surface area contributed by atoms with Gasteiger partial charge >= 0.3 is 0 Å². The Hall–Kier alpha value is -4.30. The summed E-state index contributed by atoms with van der Waals surface area (Å²) in [6.45, 7) is 0.725. The van der Waals surface area contributed by atoms with E-state index in [1.165, 1.54) is 16.7 Å². The molecule has 0 amide bonds. The topological polar surface area (TPSA) is 105 Å². The van der Waals surface area contributed by atoms with Crippen LogP contribution in [-0.4, -0.2) is 36.8 Å². The summed E-state index contributed by atoms with van der Waals surface area (Å²) in [6.07, 6.45) is 1.72. The number of H-pyrrole nitrogens is 1. The number of hydrogen-bond acceptors (Lipinski definition) is 6. The van der Waals surface area contributed by atoms with E-state index in [0.717, 1.165) is 22.3 Å². The summed E-state index contributed by atoms with van der Waals surface area (Å²) in [7, 11) is 1.65. The molecule has 0 spiro atoms. The van der Waals surface area contributed by atoms with Crippen LogP contribution in [0.3, 0.4) is 0 Å². The van der Waals surface area contributed by atoms with Gasteiger partial charge in [-0.1, -0.05) is 18.2 Å². The van der Waals surface area contributed by atoms with E-state index in [2.05, 4.69) is 15.0 Å². The Morgan fingerprint density at radius 3 is 2.45 bits per heavy atom. The predicted molar refractivity (Wildman–Crippen MR) is 123 cm³/mol. The number of methoxy groups -OCH3 is 1. The SMILES string of the molecule is COCc1ccc(Oc2cc3nc(-c4ccccn4)[nH]c3cc2Cn2c(O)ccc2O)cc1. The maximum Gasteiger partial charge on any atom is 0.194 e. The molecule has 166 valence electrons. The zero-order valence-electron chi connectivity index (χ0n) is 17.9. The quantitative estimate of drug-likeness (QED) is 0.334. The maximum atomic E-state index is 10.1. The Morgan fingerprint density at radius 2 is 1.76 bits per heavy atom. The van der Waals surface area contributed by atoms with Crippen molar-refractivity contribution in [3.05, 3.63) is 84.1 Å². The molecule has 5 rings (SSSR count). The summed E-state index contributed by atoms with van der Waals surface area (Å²) >= 11 is 0. The Balaban J connectivity index is 1.56. The first kappa shape index (κ1) is 20.6. The lowest BCUT2D eigenvalue weighted by Gasteiger charge is -2.14. The number of aromatic nitrogens is 4. The molecule has 0 aliphatic heterocycles. The molecule has 0 atom stereocenters. The van der Waals surface area contributed by atoms with Crippen LogP contribution in [0, 0.1) is 0 Å². The third kappa shape index (κ3) is 4.24. The van der Waals surface area contributed by atoms with E-state index in [1.54, 1.807) is 13.3 Å². The van der Waals surface area contributed by atoms with Gasteiger partial charge in [0.2, 0.25) is 0 Å². The molecule has 3 N–H and O–H groups in total. The highest BCUT2D eigenvalue weighted by molar-refractivity contribution is 5.81. The first-order chi connectivity index (χ1) is 16.1. The lowest BCUT2D eigenvalue weighted by atomic mass is 10.1. The fraction of sp³-hybridized carbons (Fsp3) is 0.120. The van der Waals surface area contributed by atoms with Crippen molar-refractivity contribution >= 4 is 11.0 Å². The average Bonchev–Trinajstić information content (AvgIpc) is 3.39. The van der Waals surface area contributed by atoms with Crippen molar-refractivity contribution in [2.75, 3.05) is 7.11 Å². The van der Waals surface area contributed by atoms with Gasteiger partial charge in [-0.25, -0.2) is 4.98 Å². The largest absolute Gasteiger partial charge is 0.494 e. The molecular formula is C25H22N4O4. The maximum absolute atomic E-state index is 10.1. The van der Waals surface area contributed by atoms with Crippen molar-refractivity contribution in [2.24, 2.45) is 0 Å². The summed E-state index contributed by atoms with van der Waals surface area (Å²) in [5.41, 5.74) is 4.02. The van der Waals surface area contributed by atoms with E-state index in [9.17, 15) is 10.2 Å². The number of rotatable bonds is 7. The number of fused-ring (bicyclic) bond motifs is 1. The lowest BCUT2D eigenvalue weighted by Crippen LogP contribution is -2.01. The van der Waals surface area contributed by atoms with Gasteiger partial charge in [0.1, 0.15) is 17.2 Å². The molecule has 0 fully saturated rings. The van der Waals surface area contributed by atoms with Gasteiger partial charge in [-0.2, -0.15) is 0 Å². The predicted octanol–water partition coefficient (Wildman–Crippen LogP) is 4.82. The summed E-state index contributed by atoms with van der Waals surface area (Å²) in [4.78, 5) is 12.3. The molecule has 0 bridgehead atoms. The average molecular weight is 442 g/mol. The van der Waals surface area contributed by atoms with Crippen LogP contribution in [0.25, 0.3) is 22.6 Å². The Bertz CT molecular complexity index is 1370. The van der Waals surface area contributed by atoms with Crippen LogP contribution in [0.5, 0.6) is 23.3 Å². The summed E-state index contributed by atoms with van der Waals surface area (Å²) in [5.74, 6) is 1.78. The number of aromatic amines is 1. The van der Waals surface area contributed by atoms with Crippen molar-refractivity contribution in [3.8, 4) is 34.8 Å². The van der Waals surface area contributed by atoms with Gasteiger partial charge in [-0.15, -0.1) is 0 Å². The van der Waals surface area contributed by atoms with Crippen molar-refractivity contribution < 1.29 is 19.7 Å². The third-order valence-corrected chi connectivity index (χ3v) is 5.30. The highest BCUT2D eigenvalue weighted by Gasteiger charge is 2.15. The van der Waals surface area contributed by atoms with Gasteiger partial charge in [-0.05, 0) is 35.9 Å². The number of hydrogen-bond donors (Lipinski definition) is 3. The summed E-state index contributed by atoms with van der Waals surface area (Å²) in [5, 5.41) is 20.3. The second kappa shape index (κ2) is 8.68. The van der Waals surface area contributed by atoms with Crippen molar-refractivity contribution in [1.82, 2.24) is 19.5 Å². The fourth-order valence-corrected chi connectivity index (χ4v) is 3.65. The molecule has 3 aromatic heterocycles. The minimum absolute atomic E-state index is 0.0405. The molecular weight excluding hydrogens is 420 g/mol. The molecule has 8 nitrogen and oxygen atoms in total. The smallest absolute Gasteiger partial charge is 0.194 e. The minimum atomic E-state index is -0.0405. The molecule has 0 aliphatic carbocycles. The van der Waals surface area contributed by atoms with Gasteiger partial charge in [0.15, 0.2) is 17.6 Å². The van der Waals surface area contributed by atoms with Gasteiger partial charge in [0.25, 0.3) is 0 Å². The molecule has 33 heavy (non-hydrogen) atoms. The molecule has 3 heterocycles. The standard InChI is InChI=1S/C25H22N4O4/c1-32-15-16-5-7-18(8-6-16)33-22-13-21-20(27-25(28-21)19-4-2-3-11-26-19)12-17(22)14-29-23(30)9-10-24(29)31/h2-13,30-31H,14-15H2,1H3,(H,27,28). The van der Waals surface area contributed by atoms with Crippen LogP contribution in [0.1, 0.15) is 11.1 Å². The van der Waals surface area contributed by atoms with E-state index in [-0.39, 0.29) is 18.3 Å². The number of imidazole rings is 1. The van der Waals surface area contributed by atoms with Crippen LogP contribution in [0.4, 0.5) is 0 Å². The zero-order valence-corrected chi connectivity index (χ0v) is 17.9. The van der Waals surface area contributed by atoms with Crippen molar-refractivity contribution in [2.45, 2.75) is 13.2 Å². The molecule has 0 saturated heterocycles. The third-order valence-electron chi connectivity index (χ3n) is 5.30. The van der Waals surface area contributed by atoms with Crippen molar-refractivity contribution in [3.63, 3.8) is 0 Å². The summed E-state index contributed by atoms with van der Waals surface area (Å²) in [6, 6.07) is 19.9. The van der Waals surface area contributed by atoms with E-state index >= 15 is 0 Å². The Labute approximate surface area is 189 Å². The highest BCUT2D eigenvalue weighted by atomic mass is 16.5. The number of benzene rings is 2. The minimum Gasteiger partial charge on any atom is -0.494 e. The number of nitrogens with zero attached hydrogens (tertiary/aromatic N) is 3. The normalized spacial score (nSPS) is 11.2. The van der Waals surface area contributed by atoms with Crippen LogP contribution in [0.15, 0.2) is 72.9 Å². The Morgan fingerprint density at radius 1 is 0.970 bits per heavy atom. The van der Waals surface area contributed by atoms with Crippen LogP contribution in [0.2, 0.25) is 0 Å². The molecule has 8 heteroatoms. The first-order valence-corrected chi connectivity index (χ1v) is 10.4.